The molecular formula is C23H30N4O3. The fourth-order valence-electron chi connectivity index (χ4n) is 3.65. The highest BCUT2D eigenvalue weighted by atomic mass is 16.2. The lowest BCUT2D eigenvalue weighted by atomic mass is 10.1. The van der Waals surface area contributed by atoms with Crippen molar-refractivity contribution in [3.63, 3.8) is 0 Å². The molecule has 3 rings (SSSR count). The van der Waals surface area contributed by atoms with Crippen molar-refractivity contribution in [1.82, 2.24) is 9.88 Å². The minimum atomic E-state index is -0.646. The van der Waals surface area contributed by atoms with Crippen LogP contribution in [0.5, 0.6) is 0 Å². The Bertz CT molecular complexity index is 918. The number of pyridine rings is 1. The first-order chi connectivity index (χ1) is 14.6. The number of anilines is 2. The first-order valence-corrected chi connectivity index (χ1v) is 10.7. The second kappa shape index (κ2) is 10.6. The number of carbonyl (C=O) groups is 2. The van der Waals surface area contributed by atoms with Crippen LogP contribution < -0.4 is 21.1 Å². The van der Waals surface area contributed by atoms with Crippen LogP contribution in [0, 0.1) is 0 Å². The molecule has 1 aliphatic heterocycles. The van der Waals surface area contributed by atoms with Gasteiger partial charge in [-0.05, 0) is 43.5 Å². The van der Waals surface area contributed by atoms with E-state index in [1.165, 1.54) is 23.5 Å². The average Bonchev–Trinajstić information content (AvgIpc) is 3.28. The van der Waals surface area contributed by atoms with Crippen molar-refractivity contribution >= 4 is 23.2 Å². The van der Waals surface area contributed by atoms with Crippen LogP contribution in [-0.4, -0.2) is 35.5 Å². The third-order valence-corrected chi connectivity index (χ3v) is 5.30. The molecule has 2 aromatic rings. The van der Waals surface area contributed by atoms with Gasteiger partial charge in [0.25, 0.3) is 5.56 Å². The van der Waals surface area contributed by atoms with Crippen LogP contribution in [-0.2, 0) is 16.1 Å². The third kappa shape index (κ3) is 5.95. The van der Waals surface area contributed by atoms with Gasteiger partial charge >= 0.3 is 0 Å². The van der Waals surface area contributed by atoms with Crippen LogP contribution in [0.3, 0.4) is 0 Å². The van der Waals surface area contributed by atoms with Crippen molar-refractivity contribution in [1.29, 1.82) is 0 Å². The highest BCUT2D eigenvalue weighted by Gasteiger charge is 2.21. The van der Waals surface area contributed by atoms with E-state index >= 15 is 0 Å². The van der Waals surface area contributed by atoms with Gasteiger partial charge in [-0.15, -0.1) is 0 Å². The first-order valence-electron chi connectivity index (χ1n) is 10.7. The van der Waals surface area contributed by atoms with Gasteiger partial charge in [-0.25, -0.2) is 0 Å². The van der Waals surface area contributed by atoms with Crippen LogP contribution in [0.25, 0.3) is 0 Å². The minimum Gasteiger partial charge on any atom is -0.371 e. The van der Waals surface area contributed by atoms with Gasteiger partial charge in [0.15, 0.2) is 0 Å². The number of carbonyl (C=O) groups excluding carboxylic acids is 2. The lowest BCUT2D eigenvalue weighted by Gasteiger charge is -2.21. The largest absolute Gasteiger partial charge is 0.371 e. The van der Waals surface area contributed by atoms with Gasteiger partial charge in [0, 0.05) is 36.7 Å². The molecule has 1 aromatic heterocycles. The molecule has 2 heterocycles. The molecule has 30 heavy (non-hydrogen) atoms. The molecule has 0 aliphatic carbocycles. The van der Waals surface area contributed by atoms with E-state index in [2.05, 4.69) is 21.6 Å². The zero-order valence-corrected chi connectivity index (χ0v) is 17.5. The molecule has 0 radical (unpaired) electrons. The molecule has 2 N–H and O–H groups in total. The van der Waals surface area contributed by atoms with Crippen molar-refractivity contribution in [3.05, 3.63) is 59.0 Å². The SMILES string of the molecule is CCCCC(NC(=O)Cn1ccccc1=O)C(=O)Nc1cccc(N2CCCC2)c1. The standard InChI is InChI=1S/C23H30N4O3/c1-2-3-11-20(25-21(28)17-27-15-5-4-12-22(27)29)23(30)24-18-9-8-10-19(16-18)26-13-6-7-14-26/h4-5,8-10,12,15-16,20H,2-3,6-7,11,13-14,17H2,1H3,(H,24,30)(H,25,28). The van der Waals surface area contributed by atoms with Gasteiger partial charge in [0.2, 0.25) is 11.8 Å². The van der Waals surface area contributed by atoms with Gasteiger partial charge in [0.1, 0.15) is 12.6 Å². The molecule has 1 atom stereocenters. The van der Waals surface area contributed by atoms with E-state index in [0.29, 0.717) is 6.42 Å². The number of benzene rings is 1. The van der Waals surface area contributed by atoms with E-state index in [1.807, 2.05) is 25.1 Å². The van der Waals surface area contributed by atoms with Gasteiger partial charge in [-0.3, -0.25) is 14.4 Å². The van der Waals surface area contributed by atoms with Crippen LogP contribution >= 0.6 is 0 Å². The molecule has 7 nitrogen and oxygen atoms in total. The summed E-state index contributed by atoms with van der Waals surface area (Å²) in [5, 5.41) is 5.74. The second-order valence-electron chi connectivity index (χ2n) is 7.66. The van der Waals surface area contributed by atoms with Crippen molar-refractivity contribution in [2.45, 2.75) is 51.6 Å². The average molecular weight is 411 g/mol. The fraction of sp³-hybridized carbons (Fsp3) is 0.435. The predicted molar refractivity (Wildman–Crippen MR) is 119 cm³/mol. The van der Waals surface area contributed by atoms with Gasteiger partial charge in [-0.1, -0.05) is 31.9 Å². The van der Waals surface area contributed by atoms with Crippen molar-refractivity contribution in [2.24, 2.45) is 0 Å². The molecule has 1 fully saturated rings. The summed E-state index contributed by atoms with van der Waals surface area (Å²) in [7, 11) is 0. The summed E-state index contributed by atoms with van der Waals surface area (Å²) < 4.78 is 1.32. The van der Waals surface area contributed by atoms with E-state index in [4.69, 9.17) is 0 Å². The number of hydrogen-bond donors (Lipinski definition) is 2. The molecular weight excluding hydrogens is 380 g/mol. The Labute approximate surface area is 177 Å². The third-order valence-electron chi connectivity index (χ3n) is 5.30. The van der Waals surface area contributed by atoms with Gasteiger partial charge in [0.05, 0.1) is 0 Å². The Morgan fingerprint density at radius 1 is 1.10 bits per heavy atom. The van der Waals surface area contributed by atoms with Crippen LogP contribution in [0.1, 0.15) is 39.0 Å². The maximum atomic E-state index is 12.9. The van der Waals surface area contributed by atoms with Gasteiger partial charge < -0.3 is 20.1 Å². The maximum Gasteiger partial charge on any atom is 0.250 e. The lowest BCUT2D eigenvalue weighted by molar-refractivity contribution is -0.127. The first kappa shape index (κ1) is 21.6. The zero-order valence-electron chi connectivity index (χ0n) is 17.5. The maximum absolute atomic E-state index is 12.9. The Morgan fingerprint density at radius 3 is 2.63 bits per heavy atom. The topological polar surface area (TPSA) is 83.4 Å². The molecule has 1 saturated heterocycles. The summed E-state index contributed by atoms with van der Waals surface area (Å²) in [6.45, 7) is 4.00. The number of rotatable bonds is 9. The molecule has 0 spiro atoms. The lowest BCUT2D eigenvalue weighted by Crippen LogP contribution is -2.45. The van der Waals surface area contributed by atoms with E-state index < -0.39 is 6.04 Å². The highest BCUT2D eigenvalue weighted by Crippen LogP contribution is 2.23. The number of nitrogens with one attached hydrogen (secondary N) is 2. The second-order valence-corrected chi connectivity index (χ2v) is 7.66. The molecule has 0 saturated carbocycles. The van der Waals surface area contributed by atoms with E-state index in [0.717, 1.165) is 37.3 Å². The number of hydrogen-bond acceptors (Lipinski definition) is 4. The van der Waals surface area contributed by atoms with Gasteiger partial charge in [-0.2, -0.15) is 0 Å². The smallest absolute Gasteiger partial charge is 0.250 e. The molecule has 1 unspecified atom stereocenters. The number of nitrogens with zero attached hydrogens (tertiary/aromatic N) is 2. The summed E-state index contributed by atoms with van der Waals surface area (Å²) in [6, 6.07) is 11.9. The number of amides is 2. The molecule has 2 amide bonds. The summed E-state index contributed by atoms with van der Waals surface area (Å²) in [4.78, 5) is 39.5. The monoisotopic (exact) mass is 410 g/mol. The molecule has 0 bridgehead atoms. The van der Waals surface area contributed by atoms with Crippen LogP contribution in [0.15, 0.2) is 53.5 Å². The quantitative estimate of drug-likeness (QED) is 0.666. The predicted octanol–water partition coefficient (Wildman–Crippen LogP) is 2.76. The summed E-state index contributed by atoms with van der Waals surface area (Å²) in [5.41, 5.74) is 1.57. The summed E-state index contributed by atoms with van der Waals surface area (Å²) >= 11 is 0. The van der Waals surface area contributed by atoms with Crippen molar-refractivity contribution in [3.8, 4) is 0 Å². The van der Waals surface area contributed by atoms with E-state index in [1.54, 1.807) is 18.3 Å². The summed E-state index contributed by atoms with van der Waals surface area (Å²) in [6.07, 6.45) is 6.22. The zero-order chi connectivity index (χ0) is 21.3. The van der Waals surface area contributed by atoms with Crippen LogP contribution in [0.2, 0.25) is 0 Å². The van der Waals surface area contributed by atoms with E-state index in [9.17, 15) is 14.4 Å². The fourth-order valence-corrected chi connectivity index (χ4v) is 3.65. The van der Waals surface area contributed by atoms with Crippen molar-refractivity contribution in [2.75, 3.05) is 23.3 Å². The Morgan fingerprint density at radius 2 is 1.90 bits per heavy atom. The Kier molecular flexibility index (Phi) is 7.65. The van der Waals surface area contributed by atoms with Crippen molar-refractivity contribution < 1.29 is 9.59 Å². The Hall–Kier alpha value is -3.09. The molecule has 7 heteroatoms. The molecule has 1 aliphatic rings. The summed E-state index contributed by atoms with van der Waals surface area (Å²) in [5.74, 6) is -0.596. The Balaban J connectivity index is 1.64. The normalized spacial score (nSPS) is 14.4. The molecule has 1 aromatic carbocycles. The highest BCUT2D eigenvalue weighted by molar-refractivity contribution is 5.97. The number of unbranched alkanes of at least 4 members (excludes halogenated alkanes) is 1. The van der Waals surface area contributed by atoms with Crippen LogP contribution in [0.4, 0.5) is 11.4 Å². The van der Waals surface area contributed by atoms with E-state index in [-0.39, 0.29) is 23.9 Å². The minimum absolute atomic E-state index is 0.111. The number of aromatic nitrogens is 1. The molecule has 160 valence electrons.